The molecule has 3 rings (SSSR count). The summed E-state index contributed by atoms with van der Waals surface area (Å²) in [7, 11) is 0. The lowest BCUT2D eigenvalue weighted by atomic mass is 10.2. The third-order valence-electron chi connectivity index (χ3n) is 4.31. The number of aliphatic hydroxyl groups excluding tert-OH is 1. The number of hydrogen-bond donors (Lipinski definition) is 2. The summed E-state index contributed by atoms with van der Waals surface area (Å²) in [5.41, 5.74) is 7.70. The lowest BCUT2D eigenvalue weighted by molar-refractivity contribution is 0.0666. The molecule has 2 aromatic rings. The first kappa shape index (κ1) is 25.6. The summed E-state index contributed by atoms with van der Waals surface area (Å²) < 4.78 is 5.62. The summed E-state index contributed by atoms with van der Waals surface area (Å²) in [6.45, 7) is 4.72. The Hall–Kier alpha value is -1.37. The number of benzene rings is 2. The number of para-hydroxylation sites is 3. The Morgan fingerprint density at radius 2 is 1.48 bits per heavy atom. The largest absolute Gasteiger partial charge is 0.489 e. The molecule has 1 aliphatic rings. The minimum Gasteiger partial charge on any atom is -0.489 e. The van der Waals surface area contributed by atoms with Crippen LogP contribution in [0.4, 0.5) is 11.4 Å². The molecule has 0 aliphatic carbocycles. The van der Waals surface area contributed by atoms with Gasteiger partial charge in [-0.05, 0) is 24.3 Å². The maximum absolute atomic E-state index is 10.2. The van der Waals surface area contributed by atoms with Gasteiger partial charge in [-0.2, -0.15) is 0 Å². The molecule has 0 radical (unpaired) electrons. The van der Waals surface area contributed by atoms with E-state index >= 15 is 0 Å². The quantitative estimate of drug-likeness (QED) is 0.681. The van der Waals surface area contributed by atoms with Crippen LogP contribution in [0, 0.1) is 0 Å². The van der Waals surface area contributed by atoms with Gasteiger partial charge in [-0.3, -0.25) is 4.90 Å². The Kier molecular flexibility index (Phi) is 12.3. The summed E-state index contributed by atoms with van der Waals surface area (Å²) in [6, 6.07) is 17.8. The Labute approximate surface area is 179 Å². The monoisotopic (exact) mass is 435 g/mol. The van der Waals surface area contributed by atoms with Gasteiger partial charge in [0.15, 0.2) is 0 Å². The van der Waals surface area contributed by atoms with E-state index in [0.29, 0.717) is 18.0 Å². The van der Waals surface area contributed by atoms with E-state index in [9.17, 15) is 5.11 Å². The Balaban J connectivity index is 0.00000225. The molecule has 0 aromatic heterocycles. The number of hydrogen-bond acceptors (Lipinski definition) is 5. The number of nitrogen functional groups attached to an aromatic ring is 1. The highest BCUT2D eigenvalue weighted by atomic mass is 35.5. The molecule has 1 saturated heterocycles. The molecule has 0 amide bonds. The molecule has 27 heavy (non-hydrogen) atoms. The summed E-state index contributed by atoms with van der Waals surface area (Å²) in [5, 5.41) is 10.2. The highest BCUT2D eigenvalue weighted by molar-refractivity contribution is 5.86. The first-order chi connectivity index (χ1) is 11.7. The van der Waals surface area contributed by atoms with Crippen molar-refractivity contribution in [2.75, 3.05) is 50.0 Å². The number of nitrogens with two attached hydrogens (primary N) is 1. The van der Waals surface area contributed by atoms with Crippen LogP contribution in [0.15, 0.2) is 54.6 Å². The maximum Gasteiger partial charge on any atom is 0.142 e. The number of halogens is 3. The SMILES string of the molecule is Cl.Cl.Cl.Nc1ccccc1OCC(O)CN1CCN(c2ccccc2)CC1. The van der Waals surface area contributed by atoms with Crippen LogP contribution in [0.3, 0.4) is 0 Å². The van der Waals surface area contributed by atoms with Gasteiger partial charge in [0.05, 0.1) is 5.69 Å². The van der Waals surface area contributed by atoms with Crippen LogP contribution in [0.2, 0.25) is 0 Å². The van der Waals surface area contributed by atoms with Crippen LogP contribution < -0.4 is 15.4 Å². The van der Waals surface area contributed by atoms with Gasteiger partial charge in [0.1, 0.15) is 18.5 Å². The second kappa shape index (κ2) is 12.9. The van der Waals surface area contributed by atoms with Gasteiger partial charge in [0.2, 0.25) is 0 Å². The zero-order valence-electron chi connectivity index (χ0n) is 15.1. The zero-order valence-corrected chi connectivity index (χ0v) is 17.5. The van der Waals surface area contributed by atoms with Crippen molar-refractivity contribution in [1.82, 2.24) is 4.90 Å². The number of nitrogens with zero attached hydrogens (tertiary/aromatic N) is 2. The van der Waals surface area contributed by atoms with Crippen LogP contribution in [0.1, 0.15) is 0 Å². The molecule has 8 heteroatoms. The van der Waals surface area contributed by atoms with E-state index in [-0.39, 0.29) is 43.8 Å². The molecular weight excluding hydrogens is 409 g/mol. The van der Waals surface area contributed by atoms with Crippen LogP contribution >= 0.6 is 37.2 Å². The van der Waals surface area contributed by atoms with Crippen molar-refractivity contribution in [3.8, 4) is 5.75 Å². The van der Waals surface area contributed by atoms with Gasteiger partial charge in [0, 0.05) is 38.4 Å². The van der Waals surface area contributed by atoms with Crippen molar-refractivity contribution in [2.45, 2.75) is 6.10 Å². The molecule has 0 saturated carbocycles. The van der Waals surface area contributed by atoms with Crippen molar-refractivity contribution >= 4 is 48.6 Å². The normalized spacial score (nSPS) is 14.9. The smallest absolute Gasteiger partial charge is 0.142 e. The molecule has 1 fully saturated rings. The molecule has 1 atom stereocenters. The fraction of sp³-hybridized carbons (Fsp3) is 0.368. The molecule has 1 heterocycles. The van der Waals surface area contributed by atoms with Crippen molar-refractivity contribution in [3.05, 3.63) is 54.6 Å². The lowest BCUT2D eigenvalue weighted by Gasteiger charge is -2.36. The number of β-amino-alcohol motifs (C(OH)–C–C–N with tert-alkyl or cyclic N) is 1. The third kappa shape index (κ3) is 7.64. The highest BCUT2D eigenvalue weighted by Crippen LogP contribution is 2.20. The van der Waals surface area contributed by atoms with Gasteiger partial charge < -0.3 is 20.5 Å². The molecular formula is C19H28Cl3N3O2. The second-order valence-corrected chi connectivity index (χ2v) is 6.13. The molecule has 2 aromatic carbocycles. The predicted molar refractivity (Wildman–Crippen MR) is 119 cm³/mol. The lowest BCUT2D eigenvalue weighted by Crippen LogP contribution is -2.49. The number of rotatable bonds is 6. The number of piperazine rings is 1. The van der Waals surface area contributed by atoms with E-state index in [4.69, 9.17) is 10.5 Å². The van der Waals surface area contributed by atoms with Gasteiger partial charge in [-0.25, -0.2) is 0 Å². The van der Waals surface area contributed by atoms with E-state index in [1.54, 1.807) is 6.07 Å². The van der Waals surface area contributed by atoms with Crippen LogP contribution in [-0.2, 0) is 0 Å². The average molecular weight is 437 g/mol. The van der Waals surface area contributed by atoms with Crippen molar-refractivity contribution < 1.29 is 9.84 Å². The Bertz CT molecular complexity index is 641. The van der Waals surface area contributed by atoms with E-state index in [0.717, 1.165) is 26.2 Å². The van der Waals surface area contributed by atoms with Crippen LogP contribution in [0.5, 0.6) is 5.75 Å². The van der Waals surface area contributed by atoms with Crippen LogP contribution in [0.25, 0.3) is 0 Å². The van der Waals surface area contributed by atoms with Gasteiger partial charge in [-0.15, -0.1) is 37.2 Å². The fourth-order valence-electron chi connectivity index (χ4n) is 2.98. The highest BCUT2D eigenvalue weighted by Gasteiger charge is 2.19. The molecule has 1 aliphatic heterocycles. The van der Waals surface area contributed by atoms with Crippen molar-refractivity contribution in [3.63, 3.8) is 0 Å². The summed E-state index contributed by atoms with van der Waals surface area (Å²) in [4.78, 5) is 4.66. The predicted octanol–water partition coefficient (Wildman–Crippen LogP) is 3.10. The summed E-state index contributed by atoms with van der Waals surface area (Å²) >= 11 is 0. The Morgan fingerprint density at radius 3 is 2.11 bits per heavy atom. The third-order valence-corrected chi connectivity index (χ3v) is 4.31. The number of anilines is 2. The molecule has 1 unspecified atom stereocenters. The first-order valence-corrected chi connectivity index (χ1v) is 8.40. The minimum absolute atomic E-state index is 0. The van der Waals surface area contributed by atoms with E-state index in [1.807, 2.05) is 24.3 Å². The second-order valence-electron chi connectivity index (χ2n) is 6.13. The maximum atomic E-state index is 10.2. The summed E-state index contributed by atoms with van der Waals surface area (Å²) in [6.07, 6.45) is -0.520. The molecule has 0 spiro atoms. The van der Waals surface area contributed by atoms with E-state index < -0.39 is 6.10 Å². The summed E-state index contributed by atoms with van der Waals surface area (Å²) in [5.74, 6) is 0.630. The molecule has 0 bridgehead atoms. The van der Waals surface area contributed by atoms with E-state index in [2.05, 4.69) is 34.1 Å². The molecule has 3 N–H and O–H groups in total. The van der Waals surface area contributed by atoms with Gasteiger partial charge in [-0.1, -0.05) is 30.3 Å². The van der Waals surface area contributed by atoms with Gasteiger partial charge in [0.25, 0.3) is 0 Å². The standard InChI is InChI=1S/C19H25N3O2.3ClH/c20-18-8-4-5-9-19(18)24-15-17(23)14-21-10-12-22(13-11-21)16-6-2-1-3-7-16;;;/h1-9,17,23H,10-15,20H2;3*1H. The topological polar surface area (TPSA) is 62.0 Å². The first-order valence-electron chi connectivity index (χ1n) is 8.40. The van der Waals surface area contributed by atoms with Crippen molar-refractivity contribution in [2.24, 2.45) is 0 Å². The van der Waals surface area contributed by atoms with Crippen LogP contribution in [-0.4, -0.2) is 55.4 Å². The average Bonchev–Trinajstić information content (AvgIpc) is 2.62. The number of ether oxygens (including phenoxy) is 1. The van der Waals surface area contributed by atoms with E-state index in [1.165, 1.54) is 5.69 Å². The Morgan fingerprint density at radius 1 is 0.889 bits per heavy atom. The minimum atomic E-state index is -0.520. The molecule has 5 nitrogen and oxygen atoms in total. The van der Waals surface area contributed by atoms with Gasteiger partial charge >= 0.3 is 0 Å². The number of aliphatic hydroxyl groups is 1. The van der Waals surface area contributed by atoms with Crippen molar-refractivity contribution in [1.29, 1.82) is 0 Å². The molecule has 152 valence electrons. The zero-order chi connectivity index (χ0) is 16.8. The fourth-order valence-corrected chi connectivity index (χ4v) is 2.98.